The molecule has 2 N–H and O–H groups in total. The molecule has 0 bridgehead atoms. The first kappa shape index (κ1) is 14.9. The van der Waals surface area contributed by atoms with Gasteiger partial charge in [-0.05, 0) is 43.6 Å². The van der Waals surface area contributed by atoms with Crippen LogP contribution in [0.15, 0.2) is 30.6 Å². The molecule has 0 spiro atoms. The summed E-state index contributed by atoms with van der Waals surface area (Å²) in [6.45, 7) is 8.49. The van der Waals surface area contributed by atoms with Crippen molar-refractivity contribution >= 4 is 11.0 Å². The van der Waals surface area contributed by atoms with E-state index in [0.29, 0.717) is 0 Å². The Labute approximate surface area is 121 Å². The average molecular weight is 272 g/mol. The van der Waals surface area contributed by atoms with Gasteiger partial charge in [0.15, 0.2) is 0 Å². The van der Waals surface area contributed by atoms with E-state index >= 15 is 0 Å². The van der Waals surface area contributed by atoms with Gasteiger partial charge in [0.05, 0.1) is 11.0 Å². The fourth-order valence-electron chi connectivity index (χ4n) is 2.15. The molecule has 2 rings (SSSR count). The molecule has 4 heteroatoms. The molecule has 20 heavy (non-hydrogen) atoms. The molecule has 1 heterocycles. The summed E-state index contributed by atoms with van der Waals surface area (Å²) in [5, 5.41) is 6.92. The van der Waals surface area contributed by atoms with Gasteiger partial charge >= 0.3 is 0 Å². The largest absolute Gasteiger partial charge is 0.316 e. The van der Waals surface area contributed by atoms with E-state index in [9.17, 15) is 0 Å². The van der Waals surface area contributed by atoms with Gasteiger partial charge in [0, 0.05) is 18.9 Å². The Morgan fingerprint density at radius 3 is 2.70 bits per heavy atom. The number of rotatable bonds is 8. The van der Waals surface area contributed by atoms with Gasteiger partial charge in [0.1, 0.15) is 0 Å². The molecule has 0 aliphatic carbocycles. The van der Waals surface area contributed by atoms with Crippen molar-refractivity contribution in [2.45, 2.75) is 26.8 Å². The maximum absolute atomic E-state index is 4.41. The van der Waals surface area contributed by atoms with Crippen LogP contribution in [0.5, 0.6) is 0 Å². The zero-order valence-corrected chi connectivity index (χ0v) is 12.4. The normalized spacial score (nSPS) is 11.3. The van der Waals surface area contributed by atoms with Gasteiger partial charge < -0.3 is 10.6 Å². The SMILES string of the molecule is CC(C)CNCCCNCc1cccc2nccnc12. The second-order valence-corrected chi connectivity index (χ2v) is 5.47. The number of hydrogen-bond donors (Lipinski definition) is 2. The number of hydrogen-bond acceptors (Lipinski definition) is 4. The maximum Gasteiger partial charge on any atom is 0.0931 e. The summed E-state index contributed by atoms with van der Waals surface area (Å²) in [6, 6.07) is 6.15. The van der Waals surface area contributed by atoms with Crippen LogP contribution in [0.1, 0.15) is 25.8 Å². The van der Waals surface area contributed by atoms with E-state index in [1.54, 1.807) is 12.4 Å². The smallest absolute Gasteiger partial charge is 0.0931 e. The Kier molecular flexibility index (Phi) is 5.89. The first-order chi connectivity index (χ1) is 9.77. The van der Waals surface area contributed by atoms with E-state index in [1.807, 2.05) is 12.1 Å². The third-order valence-corrected chi connectivity index (χ3v) is 3.16. The van der Waals surface area contributed by atoms with E-state index in [1.165, 1.54) is 5.56 Å². The van der Waals surface area contributed by atoms with E-state index in [4.69, 9.17) is 0 Å². The van der Waals surface area contributed by atoms with Crippen molar-refractivity contribution in [2.75, 3.05) is 19.6 Å². The Balaban J connectivity index is 1.73. The van der Waals surface area contributed by atoms with Crippen LogP contribution in [0.3, 0.4) is 0 Å². The zero-order chi connectivity index (χ0) is 14.2. The number of benzene rings is 1. The van der Waals surface area contributed by atoms with Crippen molar-refractivity contribution in [1.29, 1.82) is 0 Å². The second-order valence-electron chi connectivity index (χ2n) is 5.47. The molecule has 0 fully saturated rings. The Morgan fingerprint density at radius 1 is 1.05 bits per heavy atom. The molecule has 0 aliphatic heterocycles. The highest BCUT2D eigenvalue weighted by molar-refractivity contribution is 5.77. The highest BCUT2D eigenvalue weighted by atomic mass is 14.9. The molecule has 0 unspecified atom stereocenters. The van der Waals surface area contributed by atoms with Gasteiger partial charge in [-0.3, -0.25) is 9.97 Å². The number of nitrogens with zero attached hydrogens (tertiary/aromatic N) is 2. The molecule has 0 saturated heterocycles. The fraction of sp³-hybridized carbons (Fsp3) is 0.500. The maximum atomic E-state index is 4.41. The monoisotopic (exact) mass is 272 g/mol. The Bertz CT molecular complexity index is 519. The van der Waals surface area contributed by atoms with Gasteiger partial charge in [-0.1, -0.05) is 26.0 Å². The molecule has 0 aliphatic rings. The van der Waals surface area contributed by atoms with E-state index in [-0.39, 0.29) is 0 Å². The van der Waals surface area contributed by atoms with Gasteiger partial charge in [-0.15, -0.1) is 0 Å². The fourth-order valence-corrected chi connectivity index (χ4v) is 2.15. The summed E-state index contributed by atoms with van der Waals surface area (Å²) >= 11 is 0. The van der Waals surface area contributed by atoms with Crippen LogP contribution in [0.2, 0.25) is 0 Å². The lowest BCUT2D eigenvalue weighted by molar-refractivity contribution is 0.530. The summed E-state index contributed by atoms with van der Waals surface area (Å²) in [6.07, 6.45) is 4.63. The second kappa shape index (κ2) is 7.92. The summed E-state index contributed by atoms with van der Waals surface area (Å²) < 4.78 is 0. The van der Waals surface area contributed by atoms with Crippen LogP contribution in [-0.4, -0.2) is 29.6 Å². The topological polar surface area (TPSA) is 49.8 Å². The molecular formula is C16H24N4. The standard InChI is InChI=1S/C16H24N4/c1-13(2)11-17-7-4-8-18-12-14-5-3-6-15-16(14)20-10-9-19-15/h3,5-6,9-10,13,17-18H,4,7-8,11-12H2,1-2H3. The van der Waals surface area contributed by atoms with E-state index < -0.39 is 0 Å². The summed E-state index contributed by atoms with van der Waals surface area (Å²) in [4.78, 5) is 8.74. The molecular weight excluding hydrogens is 248 g/mol. The van der Waals surface area contributed by atoms with Crippen LogP contribution in [0, 0.1) is 5.92 Å². The molecule has 0 radical (unpaired) electrons. The lowest BCUT2D eigenvalue weighted by Gasteiger charge is -2.09. The predicted molar refractivity (Wildman–Crippen MR) is 83.6 cm³/mol. The van der Waals surface area contributed by atoms with Crippen LogP contribution in [0.4, 0.5) is 0 Å². The van der Waals surface area contributed by atoms with Gasteiger partial charge in [0.25, 0.3) is 0 Å². The van der Waals surface area contributed by atoms with Gasteiger partial charge in [-0.2, -0.15) is 0 Å². The van der Waals surface area contributed by atoms with Crippen LogP contribution < -0.4 is 10.6 Å². The molecule has 108 valence electrons. The van der Waals surface area contributed by atoms with Crippen molar-refractivity contribution in [3.05, 3.63) is 36.2 Å². The quantitative estimate of drug-likeness (QED) is 0.724. The third-order valence-electron chi connectivity index (χ3n) is 3.16. The highest BCUT2D eigenvalue weighted by Crippen LogP contribution is 2.13. The van der Waals surface area contributed by atoms with E-state index in [2.05, 4.69) is 40.5 Å². The molecule has 1 aromatic carbocycles. The van der Waals surface area contributed by atoms with Crippen LogP contribution >= 0.6 is 0 Å². The van der Waals surface area contributed by atoms with Crippen LogP contribution in [0.25, 0.3) is 11.0 Å². The van der Waals surface area contributed by atoms with Crippen molar-refractivity contribution in [3.63, 3.8) is 0 Å². The molecule has 2 aromatic rings. The molecule has 4 nitrogen and oxygen atoms in total. The van der Waals surface area contributed by atoms with Crippen LogP contribution in [-0.2, 0) is 6.54 Å². The lowest BCUT2D eigenvalue weighted by Crippen LogP contribution is -2.24. The Morgan fingerprint density at radius 2 is 1.85 bits per heavy atom. The Hall–Kier alpha value is -1.52. The summed E-state index contributed by atoms with van der Waals surface area (Å²) in [5.41, 5.74) is 3.18. The van der Waals surface area contributed by atoms with Gasteiger partial charge in [0.2, 0.25) is 0 Å². The first-order valence-electron chi connectivity index (χ1n) is 7.37. The molecule has 0 amide bonds. The zero-order valence-electron chi connectivity index (χ0n) is 12.4. The van der Waals surface area contributed by atoms with Crippen molar-refractivity contribution < 1.29 is 0 Å². The minimum atomic E-state index is 0.720. The van der Waals surface area contributed by atoms with E-state index in [0.717, 1.165) is 49.6 Å². The number of nitrogens with one attached hydrogen (secondary N) is 2. The number of fused-ring (bicyclic) bond motifs is 1. The van der Waals surface area contributed by atoms with Crippen molar-refractivity contribution in [3.8, 4) is 0 Å². The van der Waals surface area contributed by atoms with Crippen molar-refractivity contribution in [1.82, 2.24) is 20.6 Å². The number of para-hydroxylation sites is 1. The number of aromatic nitrogens is 2. The summed E-state index contributed by atoms with van der Waals surface area (Å²) in [7, 11) is 0. The van der Waals surface area contributed by atoms with Gasteiger partial charge in [-0.25, -0.2) is 0 Å². The first-order valence-corrected chi connectivity index (χ1v) is 7.37. The molecule has 1 aromatic heterocycles. The third kappa shape index (κ3) is 4.54. The summed E-state index contributed by atoms with van der Waals surface area (Å²) in [5.74, 6) is 0.720. The lowest BCUT2D eigenvalue weighted by atomic mass is 10.1. The average Bonchev–Trinajstić information content (AvgIpc) is 2.46. The van der Waals surface area contributed by atoms with Crippen molar-refractivity contribution in [2.24, 2.45) is 5.92 Å². The molecule has 0 atom stereocenters. The molecule has 0 saturated carbocycles. The predicted octanol–water partition coefficient (Wildman–Crippen LogP) is 2.36. The minimum Gasteiger partial charge on any atom is -0.316 e. The highest BCUT2D eigenvalue weighted by Gasteiger charge is 2.01. The minimum absolute atomic E-state index is 0.720.